The minimum Gasteiger partial charge on any atom is -0.406 e. The maximum atomic E-state index is 11.9. The quantitative estimate of drug-likeness (QED) is 0.761. The van der Waals surface area contributed by atoms with Gasteiger partial charge >= 0.3 is 6.36 Å². The SMILES string of the molecule is CCc1cc(OC(F)(F)F)ccc1CBr. The van der Waals surface area contributed by atoms with E-state index in [2.05, 4.69) is 20.7 Å². The number of hydrogen-bond donors (Lipinski definition) is 0. The number of rotatable bonds is 3. The highest BCUT2D eigenvalue weighted by atomic mass is 79.9. The van der Waals surface area contributed by atoms with E-state index in [4.69, 9.17) is 0 Å². The van der Waals surface area contributed by atoms with E-state index in [1.165, 1.54) is 12.1 Å². The van der Waals surface area contributed by atoms with E-state index in [0.29, 0.717) is 11.8 Å². The van der Waals surface area contributed by atoms with Gasteiger partial charge in [0.25, 0.3) is 0 Å². The Morgan fingerprint density at radius 1 is 1.27 bits per heavy atom. The standard InChI is InChI=1S/C10H10BrF3O/c1-2-7-5-9(15-10(12,13)14)4-3-8(7)6-11/h3-5H,2,6H2,1H3. The number of aryl methyl sites for hydroxylation is 1. The third-order valence-corrected chi connectivity index (χ3v) is 2.54. The normalized spacial score (nSPS) is 11.5. The Hall–Kier alpha value is -0.710. The lowest BCUT2D eigenvalue weighted by Gasteiger charge is -2.11. The maximum absolute atomic E-state index is 11.9. The van der Waals surface area contributed by atoms with E-state index >= 15 is 0 Å². The summed E-state index contributed by atoms with van der Waals surface area (Å²) >= 11 is 3.27. The monoisotopic (exact) mass is 282 g/mol. The predicted octanol–water partition coefficient (Wildman–Crippen LogP) is 4.04. The average Bonchev–Trinajstić information content (AvgIpc) is 2.15. The minimum absolute atomic E-state index is 0.163. The molecule has 0 radical (unpaired) electrons. The topological polar surface area (TPSA) is 9.23 Å². The van der Waals surface area contributed by atoms with Crippen molar-refractivity contribution < 1.29 is 17.9 Å². The molecule has 0 atom stereocenters. The highest BCUT2D eigenvalue weighted by Crippen LogP contribution is 2.26. The van der Waals surface area contributed by atoms with E-state index in [0.717, 1.165) is 11.1 Å². The molecule has 84 valence electrons. The molecule has 0 aliphatic heterocycles. The van der Waals surface area contributed by atoms with Crippen molar-refractivity contribution in [3.63, 3.8) is 0 Å². The van der Waals surface area contributed by atoms with Crippen molar-refractivity contribution in [2.24, 2.45) is 0 Å². The van der Waals surface area contributed by atoms with Crippen molar-refractivity contribution in [2.75, 3.05) is 0 Å². The third kappa shape index (κ3) is 3.74. The Morgan fingerprint density at radius 2 is 1.93 bits per heavy atom. The van der Waals surface area contributed by atoms with Gasteiger partial charge in [0, 0.05) is 5.33 Å². The number of benzene rings is 1. The summed E-state index contributed by atoms with van der Waals surface area (Å²) in [5, 5.41) is 0.627. The fraction of sp³-hybridized carbons (Fsp3) is 0.400. The van der Waals surface area contributed by atoms with Gasteiger partial charge in [-0.1, -0.05) is 28.9 Å². The van der Waals surface area contributed by atoms with Gasteiger partial charge in [-0.3, -0.25) is 0 Å². The van der Waals surface area contributed by atoms with Crippen LogP contribution in [0.2, 0.25) is 0 Å². The summed E-state index contributed by atoms with van der Waals surface area (Å²) < 4.78 is 39.6. The zero-order valence-electron chi connectivity index (χ0n) is 8.07. The van der Waals surface area contributed by atoms with Crippen LogP contribution in [0.1, 0.15) is 18.1 Å². The second-order valence-electron chi connectivity index (χ2n) is 2.97. The highest BCUT2D eigenvalue weighted by Gasteiger charge is 2.31. The largest absolute Gasteiger partial charge is 0.573 e. The van der Waals surface area contributed by atoms with Crippen molar-refractivity contribution >= 4 is 15.9 Å². The molecule has 1 rings (SSSR count). The molecule has 1 aromatic carbocycles. The highest BCUT2D eigenvalue weighted by molar-refractivity contribution is 9.08. The van der Waals surface area contributed by atoms with E-state index < -0.39 is 6.36 Å². The van der Waals surface area contributed by atoms with Crippen molar-refractivity contribution in [3.05, 3.63) is 29.3 Å². The van der Waals surface area contributed by atoms with Gasteiger partial charge in [0.2, 0.25) is 0 Å². The smallest absolute Gasteiger partial charge is 0.406 e. The Balaban J connectivity index is 2.93. The molecule has 0 fully saturated rings. The molecule has 15 heavy (non-hydrogen) atoms. The van der Waals surface area contributed by atoms with Crippen molar-refractivity contribution in [1.29, 1.82) is 0 Å². The van der Waals surface area contributed by atoms with E-state index in [9.17, 15) is 13.2 Å². The minimum atomic E-state index is -4.62. The molecule has 0 heterocycles. The molecule has 0 amide bonds. The first kappa shape index (κ1) is 12.4. The van der Waals surface area contributed by atoms with Crippen molar-refractivity contribution in [2.45, 2.75) is 25.0 Å². The molecular weight excluding hydrogens is 273 g/mol. The van der Waals surface area contributed by atoms with Crippen LogP contribution < -0.4 is 4.74 Å². The molecule has 5 heteroatoms. The molecule has 0 spiro atoms. The molecule has 0 N–H and O–H groups in total. The van der Waals surface area contributed by atoms with Gasteiger partial charge in [0.15, 0.2) is 0 Å². The molecule has 0 aromatic heterocycles. The van der Waals surface area contributed by atoms with Gasteiger partial charge < -0.3 is 4.74 Å². The Kier molecular flexibility index (Phi) is 4.02. The van der Waals surface area contributed by atoms with Gasteiger partial charge in [0.1, 0.15) is 5.75 Å². The molecule has 0 saturated heterocycles. The second kappa shape index (κ2) is 4.88. The van der Waals surface area contributed by atoms with Gasteiger partial charge in [0.05, 0.1) is 0 Å². The van der Waals surface area contributed by atoms with E-state index in [1.54, 1.807) is 6.07 Å². The molecule has 0 bridgehead atoms. The van der Waals surface area contributed by atoms with Crippen LogP contribution in [-0.2, 0) is 11.8 Å². The van der Waals surface area contributed by atoms with E-state index in [1.807, 2.05) is 6.92 Å². The summed E-state index contributed by atoms with van der Waals surface area (Å²) in [5.41, 5.74) is 1.83. The number of halogens is 4. The van der Waals surface area contributed by atoms with Crippen LogP contribution in [0.3, 0.4) is 0 Å². The van der Waals surface area contributed by atoms with Crippen LogP contribution in [0.4, 0.5) is 13.2 Å². The summed E-state index contributed by atoms with van der Waals surface area (Å²) in [4.78, 5) is 0. The fourth-order valence-electron chi connectivity index (χ4n) is 1.26. The number of ether oxygens (including phenoxy) is 1. The van der Waals surface area contributed by atoms with Crippen LogP contribution in [0.15, 0.2) is 18.2 Å². The first-order valence-corrected chi connectivity index (χ1v) is 5.52. The first-order chi connectivity index (χ1) is 6.96. The first-order valence-electron chi connectivity index (χ1n) is 4.39. The number of hydrogen-bond acceptors (Lipinski definition) is 1. The Labute approximate surface area is 94.4 Å². The van der Waals surface area contributed by atoms with Crippen LogP contribution >= 0.6 is 15.9 Å². The molecule has 0 aliphatic carbocycles. The predicted molar refractivity (Wildman–Crippen MR) is 55.1 cm³/mol. The van der Waals surface area contributed by atoms with Gasteiger partial charge in [-0.2, -0.15) is 0 Å². The summed E-state index contributed by atoms with van der Waals surface area (Å²) in [6.07, 6.45) is -3.95. The van der Waals surface area contributed by atoms with Crippen molar-refractivity contribution in [1.82, 2.24) is 0 Å². The molecular formula is C10H10BrF3O. The number of alkyl halides is 4. The average molecular weight is 283 g/mol. The maximum Gasteiger partial charge on any atom is 0.573 e. The summed E-state index contributed by atoms with van der Waals surface area (Å²) in [7, 11) is 0. The lowest BCUT2D eigenvalue weighted by atomic mass is 10.1. The lowest BCUT2D eigenvalue weighted by Crippen LogP contribution is -2.17. The second-order valence-corrected chi connectivity index (χ2v) is 3.53. The van der Waals surface area contributed by atoms with Gasteiger partial charge in [-0.05, 0) is 29.7 Å². The molecule has 0 aliphatic rings. The van der Waals surface area contributed by atoms with E-state index in [-0.39, 0.29) is 5.75 Å². The summed E-state index contributed by atoms with van der Waals surface area (Å²) in [5.74, 6) is -0.163. The van der Waals surface area contributed by atoms with Crippen LogP contribution in [0.25, 0.3) is 0 Å². The molecule has 0 unspecified atom stereocenters. The van der Waals surface area contributed by atoms with Crippen LogP contribution in [0, 0.1) is 0 Å². The molecule has 0 saturated carbocycles. The zero-order chi connectivity index (χ0) is 11.5. The van der Waals surface area contributed by atoms with Gasteiger partial charge in [-0.15, -0.1) is 13.2 Å². The van der Waals surface area contributed by atoms with Crippen LogP contribution in [0.5, 0.6) is 5.75 Å². The third-order valence-electron chi connectivity index (χ3n) is 1.94. The zero-order valence-corrected chi connectivity index (χ0v) is 9.65. The van der Waals surface area contributed by atoms with Crippen molar-refractivity contribution in [3.8, 4) is 5.75 Å². The molecule has 1 nitrogen and oxygen atoms in total. The molecule has 1 aromatic rings. The summed E-state index contributed by atoms with van der Waals surface area (Å²) in [6, 6.07) is 4.38. The summed E-state index contributed by atoms with van der Waals surface area (Å²) in [6.45, 7) is 1.89. The van der Waals surface area contributed by atoms with Gasteiger partial charge in [-0.25, -0.2) is 0 Å². The lowest BCUT2D eigenvalue weighted by molar-refractivity contribution is -0.274. The Bertz CT molecular complexity index is 336. The fourth-order valence-corrected chi connectivity index (χ4v) is 1.81. The Morgan fingerprint density at radius 3 is 2.40 bits per heavy atom. The van der Waals surface area contributed by atoms with Crippen LogP contribution in [-0.4, -0.2) is 6.36 Å².